The average molecular weight is 182 g/mol. The van der Waals surface area contributed by atoms with Gasteiger partial charge < -0.3 is 0 Å². The molecule has 0 aliphatic rings. The normalized spacial score (nSPS) is 10.3. The first kappa shape index (κ1) is 9.26. The van der Waals surface area contributed by atoms with Crippen LogP contribution in [-0.2, 0) is 0 Å². The minimum Gasteiger partial charge on any atom is -0.254 e. The molecule has 1 heterocycles. The molecule has 0 N–H and O–H groups in total. The molecular weight excluding hydrogens is 168 g/mol. The standard InChI is InChI=1S/C9H14N2S/c1-7(2)11(10-4)9-6-5-8(3)12-9/h5-7H,4H2,1-3H3. The molecule has 0 atom stereocenters. The number of hydrogen-bond acceptors (Lipinski definition) is 3. The minimum absolute atomic E-state index is 0.376. The lowest BCUT2D eigenvalue weighted by molar-refractivity contribution is 0.723. The fourth-order valence-electron chi connectivity index (χ4n) is 1.03. The van der Waals surface area contributed by atoms with Crippen molar-refractivity contribution < 1.29 is 0 Å². The second kappa shape index (κ2) is 3.72. The molecule has 66 valence electrons. The van der Waals surface area contributed by atoms with Gasteiger partial charge in [-0.05, 0) is 32.9 Å². The molecule has 0 spiro atoms. The van der Waals surface area contributed by atoms with E-state index in [2.05, 4.69) is 44.7 Å². The van der Waals surface area contributed by atoms with Crippen LogP contribution in [0.2, 0.25) is 0 Å². The summed E-state index contributed by atoms with van der Waals surface area (Å²) in [6, 6.07) is 4.55. The molecule has 3 heteroatoms. The van der Waals surface area contributed by atoms with E-state index in [1.807, 2.05) is 5.01 Å². The minimum atomic E-state index is 0.376. The van der Waals surface area contributed by atoms with Gasteiger partial charge in [-0.1, -0.05) is 0 Å². The Balaban J connectivity index is 2.87. The summed E-state index contributed by atoms with van der Waals surface area (Å²) in [5.41, 5.74) is 0. The van der Waals surface area contributed by atoms with Crippen molar-refractivity contribution in [2.75, 3.05) is 5.01 Å². The Bertz CT molecular complexity index is 265. The first-order valence-electron chi connectivity index (χ1n) is 3.97. The Labute approximate surface area is 77.5 Å². The molecule has 0 aliphatic carbocycles. The molecule has 0 saturated heterocycles. The van der Waals surface area contributed by atoms with Crippen LogP contribution >= 0.6 is 11.3 Å². The molecule has 0 saturated carbocycles. The second-order valence-electron chi connectivity index (χ2n) is 2.96. The van der Waals surface area contributed by atoms with E-state index >= 15 is 0 Å². The van der Waals surface area contributed by atoms with E-state index in [1.165, 1.54) is 4.88 Å². The number of nitrogens with zero attached hydrogens (tertiary/aromatic N) is 2. The highest BCUT2D eigenvalue weighted by molar-refractivity contribution is 7.16. The van der Waals surface area contributed by atoms with Gasteiger partial charge in [0, 0.05) is 17.6 Å². The fraction of sp³-hybridized carbons (Fsp3) is 0.444. The van der Waals surface area contributed by atoms with Crippen molar-refractivity contribution in [2.45, 2.75) is 26.8 Å². The van der Waals surface area contributed by atoms with Crippen molar-refractivity contribution in [1.82, 2.24) is 0 Å². The Morgan fingerprint density at radius 1 is 1.50 bits per heavy atom. The topological polar surface area (TPSA) is 15.6 Å². The maximum Gasteiger partial charge on any atom is 0.112 e. The molecule has 1 aromatic heterocycles. The van der Waals surface area contributed by atoms with Crippen molar-refractivity contribution in [2.24, 2.45) is 5.10 Å². The monoisotopic (exact) mass is 182 g/mol. The summed E-state index contributed by atoms with van der Waals surface area (Å²) in [6.07, 6.45) is 0. The lowest BCUT2D eigenvalue weighted by Crippen LogP contribution is -2.23. The summed E-state index contributed by atoms with van der Waals surface area (Å²) in [4.78, 5) is 1.30. The number of anilines is 1. The molecule has 0 bridgehead atoms. The Hall–Kier alpha value is -0.830. The van der Waals surface area contributed by atoms with E-state index in [4.69, 9.17) is 0 Å². The predicted octanol–water partition coefficient (Wildman–Crippen LogP) is 2.89. The van der Waals surface area contributed by atoms with E-state index < -0.39 is 0 Å². The lowest BCUT2D eigenvalue weighted by atomic mass is 10.4. The van der Waals surface area contributed by atoms with Gasteiger partial charge in [-0.15, -0.1) is 11.3 Å². The van der Waals surface area contributed by atoms with E-state index in [1.54, 1.807) is 11.3 Å². The number of hydrogen-bond donors (Lipinski definition) is 0. The van der Waals surface area contributed by atoms with Crippen molar-refractivity contribution in [3.63, 3.8) is 0 Å². The molecule has 0 unspecified atom stereocenters. The summed E-state index contributed by atoms with van der Waals surface area (Å²) in [5.74, 6) is 0. The lowest BCUT2D eigenvalue weighted by Gasteiger charge is -2.20. The van der Waals surface area contributed by atoms with Gasteiger partial charge in [-0.2, -0.15) is 5.10 Å². The fourth-order valence-corrected chi connectivity index (χ4v) is 2.00. The number of aryl methyl sites for hydroxylation is 1. The van der Waals surface area contributed by atoms with Crippen molar-refractivity contribution >= 4 is 23.1 Å². The van der Waals surface area contributed by atoms with Crippen molar-refractivity contribution in [1.29, 1.82) is 0 Å². The highest BCUT2D eigenvalue weighted by Crippen LogP contribution is 2.26. The van der Waals surface area contributed by atoms with Gasteiger partial charge in [0.2, 0.25) is 0 Å². The van der Waals surface area contributed by atoms with Gasteiger partial charge in [0.15, 0.2) is 0 Å². The van der Waals surface area contributed by atoms with Gasteiger partial charge >= 0.3 is 0 Å². The summed E-state index contributed by atoms with van der Waals surface area (Å²) in [7, 11) is 0. The van der Waals surface area contributed by atoms with Crippen molar-refractivity contribution in [3.8, 4) is 0 Å². The summed E-state index contributed by atoms with van der Waals surface area (Å²) >= 11 is 1.74. The number of rotatable bonds is 3. The molecular formula is C9H14N2S. The zero-order chi connectivity index (χ0) is 9.14. The first-order valence-corrected chi connectivity index (χ1v) is 4.79. The van der Waals surface area contributed by atoms with Gasteiger partial charge in [-0.3, -0.25) is 5.01 Å². The molecule has 0 radical (unpaired) electrons. The quantitative estimate of drug-likeness (QED) is 0.518. The Kier molecular flexibility index (Phi) is 2.87. The van der Waals surface area contributed by atoms with Gasteiger partial charge in [0.25, 0.3) is 0 Å². The van der Waals surface area contributed by atoms with Crippen LogP contribution in [0.3, 0.4) is 0 Å². The average Bonchev–Trinajstić information content (AvgIpc) is 2.37. The van der Waals surface area contributed by atoms with Crippen molar-refractivity contribution in [3.05, 3.63) is 17.0 Å². The zero-order valence-corrected chi connectivity index (χ0v) is 8.56. The molecule has 0 fully saturated rings. The number of thiophene rings is 1. The number of hydrazone groups is 1. The third-order valence-corrected chi connectivity index (χ3v) is 2.58. The van der Waals surface area contributed by atoms with Crippen LogP contribution < -0.4 is 5.01 Å². The van der Waals surface area contributed by atoms with E-state index in [9.17, 15) is 0 Å². The van der Waals surface area contributed by atoms with Crippen LogP contribution in [0.1, 0.15) is 18.7 Å². The molecule has 1 aromatic rings. The first-order chi connectivity index (χ1) is 5.65. The molecule has 12 heavy (non-hydrogen) atoms. The largest absolute Gasteiger partial charge is 0.254 e. The highest BCUT2D eigenvalue weighted by Gasteiger charge is 2.09. The van der Waals surface area contributed by atoms with E-state index in [0.717, 1.165) is 5.00 Å². The zero-order valence-electron chi connectivity index (χ0n) is 7.74. The van der Waals surface area contributed by atoms with Crippen LogP contribution in [0.15, 0.2) is 17.2 Å². The molecule has 0 aromatic carbocycles. The van der Waals surface area contributed by atoms with Gasteiger partial charge in [0.1, 0.15) is 5.00 Å². The van der Waals surface area contributed by atoms with Gasteiger partial charge in [-0.25, -0.2) is 0 Å². The Morgan fingerprint density at radius 3 is 2.50 bits per heavy atom. The summed E-state index contributed by atoms with van der Waals surface area (Å²) in [5, 5.41) is 7.06. The molecule has 1 rings (SSSR count). The second-order valence-corrected chi connectivity index (χ2v) is 4.23. The van der Waals surface area contributed by atoms with Crippen LogP contribution in [0.4, 0.5) is 5.00 Å². The van der Waals surface area contributed by atoms with E-state index in [0.29, 0.717) is 6.04 Å². The molecule has 2 nitrogen and oxygen atoms in total. The predicted molar refractivity (Wildman–Crippen MR) is 56.2 cm³/mol. The van der Waals surface area contributed by atoms with Crippen LogP contribution in [0.5, 0.6) is 0 Å². The molecule has 0 aliphatic heterocycles. The summed E-state index contributed by atoms with van der Waals surface area (Å²) < 4.78 is 0. The SMILES string of the molecule is C=NN(c1ccc(C)s1)C(C)C. The maximum absolute atomic E-state index is 3.96. The van der Waals surface area contributed by atoms with Crippen LogP contribution in [-0.4, -0.2) is 12.8 Å². The summed E-state index contributed by atoms with van der Waals surface area (Å²) in [6.45, 7) is 9.85. The van der Waals surface area contributed by atoms with Crippen LogP contribution in [0.25, 0.3) is 0 Å². The smallest absolute Gasteiger partial charge is 0.112 e. The molecule has 0 amide bonds. The Morgan fingerprint density at radius 2 is 2.17 bits per heavy atom. The third kappa shape index (κ3) is 1.85. The third-order valence-electron chi connectivity index (χ3n) is 1.59. The van der Waals surface area contributed by atoms with Crippen LogP contribution in [0, 0.1) is 6.92 Å². The van der Waals surface area contributed by atoms with Gasteiger partial charge in [0.05, 0.1) is 0 Å². The highest BCUT2D eigenvalue weighted by atomic mass is 32.1. The maximum atomic E-state index is 3.96. The van der Waals surface area contributed by atoms with E-state index in [-0.39, 0.29) is 0 Å².